The van der Waals surface area contributed by atoms with E-state index in [9.17, 15) is 9.90 Å². The Balaban J connectivity index is 2.89. The van der Waals surface area contributed by atoms with Crippen LogP contribution in [0.1, 0.15) is 0 Å². The molecule has 12 heavy (non-hydrogen) atoms. The number of halogens is 2. The summed E-state index contributed by atoms with van der Waals surface area (Å²) in [5.74, 6) is 1.68. The number of rotatable bonds is 1. The molecule has 1 rings (SSSR count). The van der Waals surface area contributed by atoms with E-state index < -0.39 is 12.1 Å². The van der Waals surface area contributed by atoms with E-state index in [0.717, 1.165) is 4.90 Å². The predicted molar refractivity (Wildman–Crippen MR) is 45.3 cm³/mol. The Hall–Kier alpha value is -0.690. The molecule has 1 aliphatic heterocycles. The minimum Gasteiger partial charge on any atom is -0.368 e. The summed E-state index contributed by atoms with van der Waals surface area (Å²) < 4.78 is 0. The van der Waals surface area contributed by atoms with Crippen molar-refractivity contribution in [1.29, 1.82) is 0 Å². The molecule has 64 valence electrons. The monoisotopic (exact) mass is 205 g/mol. The van der Waals surface area contributed by atoms with Gasteiger partial charge in [0, 0.05) is 0 Å². The van der Waals surface area contributed by atoms with Crippen molar-refractivity contribution in [3.8, 4) is 12.3 Å². The van der Waals surface area contributed by atoms with E-state index in [1.807, 2.05) is 0 Å². The average molecular weight is 206 g/mol. The van der Waals surface area contributed by atoms with Gasteiger partial charge in [0.2, 0.25) is 0 Å². The third-order valence-corrected chi connectivity index (χ3v) is 2.29. The molecular weight excluding hydrogens is 201 g/mol. The Bertz CT molecular complexity index is 292. The van der Waals surface area contributed by atoms with Crippen molar-refractivity contribution in [1.82, 2.24) is 4.90 Å². The first kappa shape index (κ1) is 9.40. The number of hydrogen-bond donors (Lipinski definition) is 1. The van der Waals surface area contributed by atoms with Crippen LogP contribution in [0.3, 0.4) is 0 Å². The van der Waals surface area contributed by atoms with Crippen LogP contribution in [0.4, 0.5) is 0 Å². The van der Waals surface area contributed by atoms with Crippen LogP contribution in [-0.4, -0.2) is 28.7 Å². The number of aliphatic hydroxyl groups excluding tert-OH is 1. The molecule has 1 N–H and O–H groups in total. The smallest absolute Gasteiger partial charge is 0.269 e. The second kappa shape index (κ2) is 3.36. The van der Waals surface area contributed by atoms with Crippen LogP contribution >= 0.6 is 23.2 Å². The van der Waals surface area contributed by atoms with Crippen LogP contribution in [-0.2, 0) is 4.79 Å². The van der Waals surface area contributed by atoms with Crippen LogP contribution in [0.2, 0.25) is 0 Å². The maximum absolute atomic E-state index is 11.1. The first-order valence-corrected chi connectivity index (χ1v) is 3.83. The molecule has 3 nitrogen and oxygen atoms in total. The maximum atomic E-state index is 11.1. The van der Waals surface area contributed by atoms with Gasteiger partial charge in [-0.05, 0) is 0 Å². The zero-order valence-electron chi connectivity index (χ0n) is 5.92. The molecule has 1 amide bonds. The van der Waals surface area contributed by atoms with Gasteiger partial charge in [-0.1, -0.05) is 29.1 Å². The van der Waals surface area contributed by atoms with Crippen LogP contribution < -0.4 is 0 Å². The van der Waals surface area contributed by atoms with Crippen LogP contribution in [0.25, 0.3) is 0 Å². The summed E-state index contributed by atoms with van der Waals surface area (Å²) in [5, 5.41) is 9.03. The Labute approximate surface area is 79.6 Å². The van der Waals surface area contributed by atoms with Crippen LogP contribution in [0.15, 0.2) is 10.1 Å². The molecule has 1 aliphatic rings. The Morgan fingerprint density at radius 1 is 1.67 bits per heavy atom. The number of aliphatic hydroxyl groups is 1. The first-order chi connectivity index (χ1) is 5.59. The van der Waals surface area contributed by atoms with Gasteiger partial charge in [-0.2, -0.15) is 0 Å². The molecule has 0 fully saturated rings. The molecule has 0 aromatic carbocycles. The number of terminal acetylenes is 1. The van der Waals surface area contributed by atoms with Gasteiger partial charge in [0.1, 0.15) is 5.03 Å². The second-order valence-corrected chi connectivity index (χ2v) is 2.96. The molecule has 0 aromatic rings. The molecule has 0 aliphatic carbocycles. The van der Waals surface area contributed by atoms with E-state index in [4.69, 9.17) is 29.6 Å². The van der Waals surface area contributed by atoms with E-state index in [1.165, 1.54) is 0 Å². The highest BCUT2D eigenvalue weighted by atomic mass is 35.5. The van der Waals surface area contributed by atoms with Crippen molar-refractivity contribution in [2.24, 2.45) is 0 Å². The first-order valence-electron chi connectivity index (χ1n) is 3.07. The molecule has 0 radical (unpaired) electrons. The highest BCUT2D eigenvalue weighted by Gasteiger charge is 2.35. The standard InChI is InChI=1S/C7H5Cl2NO2/c1-2-3-10-6(11)4(8)5(9)7(10)12/h1,6,11H,3H2. The van der Waals surface area contributed by atoms with Gasteiger partial charge in [-0.25, -0.2) is 0 Å². The van der Waals surface area contributed by atoms with Crippen molar-refractivity contribution in [2.45, 2.75) is 6.23 Å². The van der Waals surface area contributed by atoms with Crippen molar-refractivity contribution in [3.05, 3.63) is 10.1 Å². The molecule has 0 spiro atoms. The molecule has 5 heteroatoms. The summed E-state index contributed by atoms with van der Waals surface area (Å²) in [5.41, 5.74) is 0. The number of amides is 1. The van der Waals surface area contributed by atoms with Gasteiger partial charge in [-0.15, -0.1) is 6.42 Å². The number of nitrogens with zero attached hydrogens (tertiary/aromatic N) is 1. The van der Waals surface area contributed by atoms with Gasteiger partial charge >= 0.3 is 0 Å². The summed E-state index contributed by atoms with van der Waals surface area (Å²) >= 11 is 11.0. The summed E-state index contributed by atoms with van der Waals surface area (Å²) in [6.45, 7) is -0.00750. The fraction of sp³-hybridized carbons (Fsp3) is 0.286. The molecule has 1 unspecified atom stereocenters. The molecule has 1 heterocycles. The van der Waals surface area contributed by atoms with Gasteiger partial charge < -0.3 is 5.11 Å². The molecule has 0 aromatic heterocycles. The van der Waals surface area contributed by atoms with E-state index in [0.29, 0.717) is 0 Å². The Morgan fingerprint density at radius 2 is 2.25 bits per heavy atom. The minimum absolute atomic E-state index is 0.00750. The van der Waals surface area contributed by atoms with Crippen molar-refractivity contribution in [2.75, 3.05) is 6.54 Å². The third-order valence-electron chi connectivity index (χ3n) is 1.44. The Kier molecular flexibility index (Phi) is 2.63. The zero-order valence-corrected chi connectivity index (χ0v) is 7.43. The summed E-state index contributed by atoms with van der Waals surface area (Å²) in [6.07, 6.45) is 3.77. The largest absolute Gasteiger partial charge is 0.368 e. The predicted octanol–water partition coefficient (Wildman–Crippen LogP) is 0.469. The summed E-state index contributed by atoms with van der Waals surface area (Å²) in [7, 11) is 0. The average Bonchev–Trinajstić information content (AvgIpc) is 2.23. The van der Waals surface area contributed by atoms with Gasteiger partial charge in [0.15, 0.2) is 6.23 Å². The third kappa shape index (κ3) is 1.29. The number of carbonyl (C=O) groups is 1. The highest BCUT2D eigenvalue weighted by molar-refractivity contribution is 6.49. The van der Waals surface area contributed by atoms with E-state index in [2.05, 4.69) is 5.92 Å². The highest BCUT2D eigenvalue weighted by Crippen LogP contribution is 2.29. The van der Waals surface area contributed by atoms with Gasteiger partial charge in [0.25, 0.3) is 5.91 Å². The molecule has 0 saturated heterocycles. The van der Waals surface area contributed by atoms with Crippen LogP contribution in [0, 0.1) is 12.3 Å². The van der Waals surface area contributed by atoms with Gasteiger partial charge in [0.05, 0.1) is 11.6 Å². The van der Waals surface area contributed by atoms with E-state index >= 15 is 0 Å². The quantitative estimate of drug-likeness (QED) is 0.633. The van der Waals surface area contributed by atoms with Crippen molar-refractivity contribution >= 4 is 29.1 Å². The van der Waals surface area contributed by atoms with Gasteiger partial charge in [-0.3, -0.25) is 9.69 Å². The minimum atomic E-state index is -1.19. The second-order valence-electron chi connectivity index (χ2n) is 2.17. The topological polar surface area (TPSA) is 40.5 Å². The summed E-state index contributed by atoms with van der Waals surface area (Å²) in [4.78, 5) is 12.1. The lowest BCUT2D eigenvalue weighted by Crippen LogP contribution is -2.35. The summed E-state index contributed by atoms with van der Waals surface area (Å²) in [6, 6.07) is 0. The maximum Gasteiger partial charge on any atom is 0.269 e. The Morgan fingerprint density at radius 3 is 2.58 bits per heavy atom. The fourth-order valence-electron chi connectivity index (χ4n) is 0.846. The normalized spacial score (nSPS) is 23.3. The lowest BCUT2D eigenvalue weighted by Gasteiger charge is -2.17. The number of hydrogen-bond acceptors (Lipinski definition) is 2. The van der Waals surface area contributed by atoms with Crippen LogP contribution in [0.5, 0.6) is 0 Å². The SMILES string of the molecule is C#CCN1C(=O)C(Cl)=C(Cl)C1O. The molecule has 0 saturated carbocycles. The number of carbonyl (C=O) groups excluding carboxylic acids is 1. The molecule has 1 atom stereocenters. The fourth-order valence-corrected chi connectivity index (χ4v) is 1.25. The van der Waals surface area contributed by atoms with E-state index in [-0.39, 0.29) is 16.6 Å². The molecule has 0 bridgehead atoms. The lowest BCUT2D eigenvalue weighted by atomic mass is 10.5. The lowest BCUT2D eigenvalue weighted by molar-refractivity contribution is -0.130. The zero-order chi connectivity index (χ0) is 9.30. The van der Waals surface area contributed by atoms with E-state index in [1.54, 1.807) is 0 Å². The molecular formula is C7H5Cl2NO2. The van der Waals surface area contributed by atoms with Crippen molar-refractivity contribution in [3.63, 3.8) is 0 Å². The van der Waals surface area contributed by atoms with Crippen molar-refractivity contribution < 1.29 is 9.90 Å².